The quantitative estimate of drug-likeness (QED) is 0.904. The molecule has 1 aliphatic rings. The second-order valence-corrected chi connectivity index (χ2v) is 5.69. The van der Waals surface area contributed by atoms with E-state index in [1.807, 2.05) is 6.07 Å². The van der Waals surface area contributed by atoms with Crippen LogP contribution in [0.5, 0.6) is 0 Å². The molecule has 0 aromatic heterocycles. The van der Waals surface area contributed by atoms with Crippen LogP contribution in [0.25, 0.3) is 0 Å². The summed E-state index contributed by atoms with van der Waals surface area (Å²) in [5, 5.41) is 5.96. The molecule has 23 heavy (non-hydrogen) atoms. The number of carbonyl (C=O) groups excluding carboxylic acids is 1. The van der Waals surface area contributed by atoms with Gasteiger partial charge in [0.2, 0.25) is 0 Å². The van der Waals surface area contributed by atoms with Crippen molar-refractivity contribution < 1.29 is 13.6 Å². The van der Waals surface area contributed by atoms with Crippen LogP contribution >= 0.6 is 0 Å². The van der Waals surface area contributed by atoms with Crippen molar-refractivity contribution in [1.29, 1.82) is 0 Å². The molecule has 0 bridgehead atoms. The normalized spacial score (nSPS) is 14.6. The molecule has 120 valence electrons. The molecule has 5 heteroatoms. The van der Waals surface area contributed by atoms with Crippen molar-refractivity contribution in [2.24, 2.45) is 0 Å². The van der Waals surface area contributed by atoms with E-state index in [1.165, 1.54) is 18.2 Å². The fourth-order valence-corrected chi connectivity index (χ4v) is 2.99. The summed E-state index contributed by atoms with van der Waals surface area (Å²) in [5.74, 6) is -1.63. The highest BCUT2D eigenvalue weighted by atomic mass is 19.1. The van der Waals surface area contributed by atoms with Gasteiger partial charge in [-0.3, -0.25) is 4.79 Å². The summed E-state index contributed by atoms with van der Waals surface area (Å²) >= 11 is 0. The average molecular weight is 316 g/mol. The van der Waals surface area contributed by atoms with E-state index in [0.29, 0.717) is 5.56 Å². The van der Waals surface area contributed by atoms with Gasteiger partial charge in [0, 0.05) is 23.4 Å². The van der Waals surface area contributed by atoms with Crippen LogP contribution in [0.4, 0.5) is 14.5 Å². The fraction of sp³-hybridized carbons (Fsp3) is 0.278. The minimum absolute atomic E-state index is 0.122. The second-order valence-electron chi connectivity index (χ2n) is 5.69. The van der Waals surface area contributed by atoms with Gasteiger partial charge in [-0.15, -0.1) is 0 Å². The second kappa shape index (κ2) is 6.36. The molecule has 0 fully saturated rings. The fourth-order valence-electron chi connectivity index (χ4n) is 2.99. The van der Waals surface area contributed by atoms with Crippen LogP contribution in [-0.2, 0) is 6.42 Å². The van der Waals surface area contributed by atoms with Gasteiger partial charge in [-0.1, -0.05) is 12.1 Å². The maximum absolute atomic E-state index is 13.8. The molecule has 2 aromatic carbocycles. The molecule has 1 atom stereocenters. The van der Waals surface area contributed by atoms with E-state index in [0.717, 1.165) is 30.6 Å². The van der Waals surface area contributed by atoms with E-state index in [9.17, 15) is 13.6 Å². The maximum Gasteiger partial charge on any atom is 0.252 e. The summed E-state index contributed by atoms with van der Waals surface area (Å²) < 4.78 is 27.7. The Balaban J connectivity index is 1.85. The summed E-state index contributed by atoms with van der Waals surface area (Å²) in [5.41, 5.74) is 2.34. The summed E-state index contributed by atoms with van der Waals surface area (Å²) in [6.45, 7) is 2.46. The van der Waals surface area contributed by atoms with Gasteiger partial charge < -0.3 is 10.6 Å². The molecule has 1 unspecified atom stereocenters. The topological polar surface area (TPSA) is 41.1 Å². The van der Waals surface area contributed by atoms with Gasteiger partial charge in [0.1, 0.15) is 11.6 Å². The van der Waals surface area contributed by atoms with E-state index in [1.54, 1.807) is 19.1 Å². The number of nitrogens with one attached hydrogen (secondary N) is 2. The molecule has 1 heterocycles. The monoisotopic (exact) mass is 316 g/mol. The third-order valence-corrected chi connectivity index (χ3v) is 4.12. The lowest BCUT2D eigenvalue weighted by Crippen LogP contribution is -2.29. The largest absolute Gasteiger partial charge is 0.385 e. The number of hydrogen-bond donors (Lipinski definition) is 2. The molecule has 0 aliphatic carbocycles. The van der Waals surface area contributed by atoms with Crippen molar-refractivity contribution in [3.8, 4) is 0 Å². The van der Waals surface area contributed by atoms with Gasteiger partial charge in [0.05, 0.1) is 6.04 Å². The number of benzene rings is 2. The van der Waals surface area contributed by atoms with Gasteiger partial charge in [-0.05, 0) is 49.6 Å². The molecule has 3 nitrogen and oxygen atoms in total. The Kier molecular flexibility index (Phi) is 4.28. The number of amides is 1. The van der Waals surface area contributed by atoms with E-state index >= 15 is 0 Å². The van der Waals surface area contributed by atoms with Crippen molar-refractivity contribution in [3.63, 3.8) is 0 Å². The van der Waals surface area contributed by atoms with E-state index in [2.05, 4.69) is 10.6 Å². The van der Waals surface area contributed by atoms with Crippen molar-refractivity contribution in [2.75, 3.05) is 11.9 Å². The number of rotatable bonds is 3. The van der Waals surface area contributed by atoms with E-state index in [4.69, 9.17) is 0 Å². The van der Waals surface area contributed by atoms with Gasteiger partial charge >= 0.3 is 0 Å². The molecular weight excluding hydrogens is 298 g/mol. The third kappa shape index (κ3) is 3.04. The van der Waals surface area contributed by atoms with Crippen LogP contribution in [0.2, 0.25) is 0 Å². The molecular formula is C18H18F2N2O. The molecule has 2 N–H and O–H groups in total. The SMILES string of the molecule is CC(NC(=O)c1cccc2c1CCCN2)c1c(F)cccc1F. The summed E-state index contributed by atoms with van der Waals surface area (Å²) in [6.07, 6.45) is 1.77. The van der Waals surface area contributed by atoms with Crippen molar-refractivity contribution >= 4 is 11.6 Å². The zero-order chi connectivity index (χ0) is 16.4. The molecule has 0 saturated heterocycles. The van der Waals surface area contributed by atoms with Crippen LogP contribution in [0.1, 0.15) is 40.9 Å². The summed E-state index contributed by atoms with van der Waals surface area (Å²) in [6, 6.07) is 8.42. The smallest absolute Gasteiger partial charge is 0.252 e. The third-order valence-electron chi connectivity index (χ3n) is 4.12. The zero-order valence-electron chi connectivity index (χ0n) is 12.8. The molecule has 1 amide bonds. The number of halogens is 2. The average Bonchev–Trinajstić information content (AvgIpc) is 2.54. The van der Waals surface area contributed by atoms with Gasteiger partial charge in [0.25, 0.3) is 5.91 Å². The van der Waals surface area contributed by atoms with Crippen LogP contribution in [0.3, 0.4) is 0 Å². The molecule has 3 rings (SSSR count). The number of carbonyl (C=O) groups is 1. The van der Waals surface area contributed by atoms with Gasteiger partial charge in [0.15, 0.2) is 0 Å². The number of anilines is 1. The van der Waals surface area contributed by atoms with E-state index in [-0.39, 0.29) is 11.5 Å². The minimum atomic E-state index is -0.754. The maximum atomic E-state index is 13.8. The standard InChI is InChI=1S/C18H18F2N2O/c1-11(17-14(19)7-3-8-15(17)20)22-18(23)13-5-2-9-16-12(13)6-4-10-21-16/h2-3,5,7-9,11,21H,4,6,10H2,1H3,(H,22,23). The first-order chi connectivity index (χ1) is 11.1. The Labute approximate surface area is 133 Å². The summed E-state index contributed by atoms with van der Waals surface area (Å²) in [4.78, 5) is 12.5. The molecule has 0 radical (unpaired) electrons. The van der Waals surface area contributed by atoms with Gasteiger partial charge in [-0.25, -0.2) is 8.78 Å². The highest BCUT2D eigenvalue weighted by Crippen LogP contribution is 2.26. The highest BCUT2D eigenvalue weighted by molar-refractivity contribution is 5.97. The summed E-state index contributed by atoms with van der Waals surface area (Å²) in [7, 11) is 0. The lowest BCUT2D eigenvalue weighted by molar-refractivity contribution is 0.0938. The molecule has 0 spiro atoms. The first-order valence-electron chi connectivity index (χ1n) is 7.68. The number of fused-ring (bicyclic) bond motifs is 1. The highest BCUT2D eigenvalue weighted by Gasteiger charge is 2.21. The first kappa shape index (κ1) is 15.5. The molecule has 1 aliphatic heterocycles. The molecule has 2 aromatic rings. The lowest BCUT2D eigenvalue weighted by atomic mass is 9.96. The van der Waals surface area contributed by atoms with Crippen molar-refractivity contribution in [2.45, 2.75) is 25.8 Å². The van der Waals surface area contributed by atoms with Crippen LogP contribution in [0.15, 0.2) is 36.4 Å². The van der Waals surface area contributed by atoms with Crippen LogP contribution < -0.4 is 10.6 Å². The predicted octanol–water partition coefficient (Wildman–Crippen LogP) is 3.81. The zero-order valence-corrected chi connectivity index (χ0v) is 12.8. The first-order valence-corrected chi connectivity index (χ1v) is 7.68. The van der Waals surface area contributed by atoms with Crippen LogP contribution in [-0.4, -0.2) is 12.5 Å². The Morgan fingerprint density at radius 1 is 1.17 bits per heavy atom. The molecule has 0 saturated carbocycles. The Morgan fingerprint density at radius 2 is 1.87 bits per heavy atom. The Bertz CT molecular complexity index is 726. The van der Waals surface area contributed by atoms with Gasteiger partial charge in [-0.2, -0.15) is 0 Å². The Hall–Kier alpha value is -2.43. The van der Waals surface area contributed by atoms with E-state index < -0.39 is 17.7 Å². The predicted molar refractivity (Wildman–Crippen MR) is 85.5 cm³/mol. The van der Waals surface area contributed by atoms with Crippen molar-refractivity contribution in [1.82, 2.24) is 5.32 Å². The lowest BCUT2D eigenvalue weighted by Gasteiger charge is -2.22. The Morgan fingerprint density at radius 3 is 2.61 bits per heavy atom. The van der Waals surface area contributed by atoms with Crippen LogP contribution in [0, 0.1) is 11.6 Å². The minimum Gasteiger partial charge on any atom is -0.385 e. The van der Waals surface area contributed by atoms with Crippen molar-refractivity contribution in [3.05, 3.63) is 64.7 Å². The number of hydrogen-bond acceptors (Lipinski definition) is 2.